The molecule has 3 nitrogen and oxygen atoms in total. The smallest absolute Gasteiger partial charge is 0.309 e. The van der Waals surface area contributed by atoms with Crippen LogP contribution in [0.2, 0.25) is 0 Å². The Morgan fingerprint density at radius 2 is 1.21 bits per heavy atom. The van der Waals surface area contributed by atoms with Crippen molar-refractivity contribution in [2.24, 2.45) is 5.92 Å². The number of hydrogen-bond donors (Lipinski definition) is 0. The number of rotatable bonds is 10. The Labute approximate surface area is 197 Å². The van der Waals surface area contributed by atoms with E-state index in [0.717, 1.165) is 19.6 Å². The highest BCUT2D eigenvalue weighted by atomic mass is 16.5. The molecule has 3 heteroatoms. The van der Waals surface area contributed by atoms with Crippen molar-refractivity contribution >= 4 is 27.5 Å². The Morgan fingerprint density at radius 1 is 0.727 bits per heavy atom. The molecule has 0 aliphatic heterocycles. The van der Waals surface area contributed by atoms with Crippen molar-refractivity contribution in [2.45, 2.75) is 26.7 Å². The van der Waals surface area contributed by atoms with E-state index in [1.165, 1.54) is 32.7 Å². The predicted octanol–water partition coefficient (Wildman–Crippen LogP) is 6.28. The Morgan fingerprint density at radius 3 is 1.73 bits per heavy atom. The van der Waals surface area contributed by atoms with Gasteiger partial charge in [-0.3, -0.25) is 4.79 Å². The van der Waals surface area contributed by atoms with Crippen LogP contribution in [0.5, 0.6) is 0 Å². The van der Waals surface area contributed by atoms with Crippen molar-refractivity contribution in [2.75, 3.05) is 26.2 Å². The average molecular weight is 440 g/mol. The molecule has 4 rings (SSSR count). The summed E-state index contributed by atoms with van der Waals surface area (Å²) in [7, 11) is 0. The van der Waals surface area contributed by atoms with Crippen LogP contribution in [0.25, 0.3) is 21.5 Å². The molecular formula is C30H33NO2. The van der Waals surface area contributed by atoms with E-state index in [4.69, 9.17) is 4.74 Å². The fraction of sp³-hybridized carbons (Fsp3) is 0.300. The van der Waals surface area contributed by atoms with Gasteiger partial charge in [-0.2, -0.15) is 0 Å². The van der Waals surface area contributed by atoms with Gasteiger partial charge in [0.15, 0.2) is 0 Å². The predicted molar refractivity (Wildman–Crippen MR) is 138 cm³/mol. The standard InChI is InChI=1S/C30H33NO2/c1-3-31(4-2)19-20-33-30(32)27(21-25-15-9-13-23-11-5-7-17-28(23)25)22-26-16-10-14-24-12-6-8-18-29(24)26/h5-18,27H,3-4,19-22H2,1-2H3. The second-order valence-corrected chi connectivity index (χ2v) is 8.58. The zero-order valence-electron chi connectivity index (χ0n) is 19.7. The van der Waals surface area contributed by atoms with Crippen molar-refractivity contribution in [1.29, 1.82) is 0 Å². The van der Waals surface area contributed by atoms with Gasteiger partial charge < -0.3 is 9.64 Å². The van der Waals surface area contributed by atoms with Crippen LogP contribution in [0.3, 0.4) is 0 Å². The normalized spacial score (nSPS) is 11.5. The van der Waals surface area contributed by atoms with Gasteiger partial charge in [0.05, 0.1) is 5.92 Å². The fourth-order valence-electron chi connectivity index (χ4n) is 4.64. The van der Waals surface area contributed by atoms with Gasteiger partial charge in [-0.25, -0.2) is 0 Å². The molecule has 0 spiro atoms. The van der Waals surface area contributed by atoms with Crippen LogP contribution in [0.15, 0.2) is 84.9 Å². The topological polar surface area (TPSA) is 29.5 Å². The number of carbonyl (C=O) groups is 1. The zero-order chi connectivity index (χ0) is 23.0. The number of esters is 1. The largest absolute Gasteiger partial charge is 0.464 e. The first kappa shape index (κ1) is 23.0. The van der Waals surface area contributed by atoms with Gasteiger partial charge in [0, 0.05) is 6.54 Å². The molecule has 0 saturated heterocycles. The summed E-state index contributed by atoms with van der Waals surface area (Å²) < 4.78 is 5.83. The second kappa shape index (κ2) is 11.1. The van der Waals surface area contributed by atoms with E-state index in [0.29, 0.717) is 19.4 Å². The number of ether oxygens (including phenoxy) is 1. The summed E-state index contributed by atoms with van der Waals surface area (Å²) in [4.78, 5) is 15.6. The minimum atomic E-state index is -0.238. The maximum atomic E-state index is 13.3. The van der Waals surface area contributed by atoms with Gasteiger partial charge in [0.1, 0.15) is 6.61 Å². The molecule has 4 aromatic rings. The van der Waals surface area contributed by atoms with Crippen molar-refractivity contribution in [3.05, 3.63) is 96.1 Å². The van der Waals surface area contributed by atoms with Crippen LogP contribution in [-0.2, 0) is 22.4 Å². The lowest BCUT2D eigenvalue weighted by molar-refractivity contribution is -0.148. The third-order valence-corrected chi connectivity index (χ3v) is 6.57. The summed E-state index contributed by atoms with van der Waals surface area (Å²) in [6, 6.07) is 29.5. The summed E-state index contributed by atoms with van der Waals surface area (Å²) in [6.07, 6.45) is 1.32. The van der Waals surface area contributed by atoms with Crippen LogP contribution in [-0.4, -0.2) is 37.1 Å². The molecule has 170 valence electrons. The maximum absolute atomic E-state index is 13.3. The molecule has 0 atom stereocenters. The molecule has 0 aliphatic rings. The Hall–Kier alpha value is -3.17. The van der Waals surface area contributed by atoms with Gasteiger partial charge in [0.2, 0.25) is 0 Å². The van der Waals surface area contributed by atoms with E-state index in [-0.39, 0.29) is 11.9 Å². The van der Waals surface area contributed by atoms with Crippen molar-refractivity contribution < 1.29 is 9.53 Å². The van der Waals surface area contributed by atoms with Crippen LogP contribution in [0, 0.1) is 5.92 Å². The SMILES string of the molecule is CCN(CC)CCOC(=O)C(Cc1cccc2ccccc12)Cc1cccc2ccccc12. The molecule has 0 bridgehead atoms. The summed E-state index contributed by atoms with van der Waals surface area (Å²) in [5.41, 5.74) is 2.39. The van der Waals surface area contributed by atoms with Gasteiger partial charge in [-0.15, -0.1) is 0 Å². The molecule has 0 N–H and O–H groups in total. The zero-order valence-corrected chi connectivity index (χ0v) is 19.7. The van der Waals surface area contributed by atoms with E-state index < -0.39 is 0 Å². The highest BCUT2D eigenvalue weighted by molar-refractivity contribution is 5.88. The number of nitrogens with zero attached hydrogens (tertiary/aromatic N) is 1. The number of hydrogen-bond acceptors (Lipinski definition) is 3. The van der Waals surface area contributed by atoms with E-state index in [1.54, 1.807) is 0 Å². The molecule has 0 aromatic heterocycles. The molecule has 0 radical (unpaired) electrons. The number of carbonyl (C=O) groups excluding carboxylic acids is 1. The van der Waals surface area contributed by atoms with Gasteiger partial charge in [0.25, 0.3) is 0 Å². The number of fused-ring (bicyclic) bond motifs is 2. The first-order valence-electron chi connectivity index (χ1n) is 12.0. The quantitative estimate of drug-likeness (QED) is 0.272. The molecule has 33 heavy (non-hydrogen) atoms. The third-order valence-electron chi connectivity index (χ3n) is 6.57. The van der Waals surface area contributed by atoms with E-state index in [9.17, 15) is 4.79 Å². The Kier molecular flexibility index (Phi) is 7.74. The third kappa shape index (κ3) is 5.61. The van der Waals surface area contributed by atoms with Crippen LogP contribution in [0.1, 0.15) is 25.0 Å². The molecule has 4 aromatic carbocycles. The fourth-order valence-corrected chi connectivity index (χ4v) is 4.64. The molecule has 0 amide bonds. The molecule has 0 aliphatic carbocycles. The van der Waals surface area contributed by atoms with Crippen LogP contribution in [0.4, 0.5) is 0 Å². The van der Waals surface area contributed by atoms with Crippen molar-refractivity contribution in [3.8, 4) is 0 Å². The summed E-state index contributed by atoms with van der Waals surface area (Å²) >= 11 is 0. The number of benzene rings is 4. The Bertz CT molecular complexity index is 1120. The Balaban J connectivity index is 1.60. The minimum Gasteiger partial charge on any atom is -0.464 e. The van der Waals surface area contributed by atoms with Gasteiger partial charge in [-0.1, -0.05) is 98.8 Å². The minimum absolute atomic E-state index is 0.108. The lowest BCUT2D eigenvalue weighted by Crippen LogP contribution is -2.30. The maximum Gasteiger partial charge on any atom is 0.309 e. The highest BCUT2D eigenvalue weighted by Crippen LogP contribution is 2.26. The first-order chi connectivity index (χ1) is 16.2. The molecular weight excluding hydrogens is 406 g/mol. The lowest BCUT2D eigenvalue weighted by atomic mass is 9.88. The van der Waals surface area contributed by atoms with Gasteiger partial charge >= 0.3 is 5.97 Å². The summed E-state index contributed by atoms with van der Waals surface area (Å²) in [6.45, 7) is 7.40. The summed E-state index contributed by atoms with van der Waals surface area (Å²) in [5.74, 6) is -0.346. The van der Waals surface area contributed by atoms with Crippen molar-refractivity contribution in [3.63, 3.8) is 0 Å². The van der Waals surface area contributed by atoms with E-state index in [2.05, 4.69) is 104 Å². The lowest BCUT2D eigenvalue weighted by Gasteiger charge is -2.21. The van der Waals surface area contributed by atoms with Crippen LogP contribution >= 0.6 is 0 Å². The van der Waals surface area contributed by atoms with Gasteiger partial charge in [-0.05, 0) is 58.6 Å². The van der Waals surface area contributed by atoms with E-state index >= 15 is 0 Å². The second-order valence-electron chi connectivity index (χ2n) is 8.58. The summed E-state index contributed by atoms with van der Waals surface area (Å²) in [5, 5.41) is 4.82. The molecule has 0 heterocycles. The number of likely N-dealkylation sites (N-methyl/N-ethyl adjacent to an activating group) is 1. The molecule has 0 fully saturated rings. The monoisotopic (exact) mass is 439 g/mol. The average Bonchev–Trinajstić information content (AvgIpc) is 2.86. The van der Waals surface area contributed by atoms with Crippen molar-refractivity contribution in [1.82, 2.24) is 4.90 Å². The highest BCUT2D eigenvalue weighted by Gasteiger charge is 2.23. The van der Waals surface area contributed by atoms with E-state index in [1.807, 2.05) is 0 Å². The molecule has 0 unspecified atom stereocenters. The van der Waals surface area contributed by atoms with Crippen LogP contribution < -0.4 is 0 Å². The first-order valence-corrected chi connectivity index (χ1v) is 12.0. The molecule has 0 saturated carbocycles.